The number of nitrogens with two attached hydrogens (primary N) is 3. The van der Waals surface area contributed by atoms with Crippen molar-refractivity contribution in [1.29, 1.82) is 0 Å². The number of carbonyl (C=O) groups is 3. The summed E-state index contributed by atoms with van der Waals surface area (Å²) in [7, 11) is -1.00. The molecule has 0 aromatic heterocycles. The minimum Gasteiger partial charge on any atom is -0.423 e. The molecule has 2 rings (SSSR count). The number of carbonyl (C=O) groups excluding carboxylic acids is 3. The first-order valence-electron chi connectivity index (χ1n) is 10.6. The number of hydrogen-bond donors (Lipinski definition) is 6. The van der Waals surface area contributed by atoms with E-state index in [0.717, 1.165) is 5.56 Å². The van der Waals surface area contributed by atoms with Gasteiger partial charge in [-0.25, -0.2) is 0 Å². The lowest BCUT2D eigenvalue weighted by molar-refractivity contribution is -0.131. The monoisotopic (exact) mass is 448 g/mol. The molecule has 0 spiro atoms. The van der Waals surface area contributed by atoms with Crippen LogP contribution in [0, 0.1) is 0 Å². The van der Waals surface area contributed by atoms with E-state index in [2.05, 4.69) is 10.6 Å². The van der Waals surface area contributed by atoms with Crippen LogP contribution in [-0.2, 0) is 24.6 Å². The Balaban J connectivity index is 1.80. The maximum atomic E-state index is 12.2. The first-order chi connectivity index (χ1) is 15.1. The van der Waals surface area contributed by atoms with Crippen molar-refractivity contribution in [2.24, 2.45) is 17.2 Å². The fraction of sp³-hybridized carbons (Fsp3) is 0.550. The third kappa shape index (κ3) is 6.74. The van der Waals surface area contributed by atoms with Crippen LogP contribution in [0.25, 0.3) is 0 Å². The fourth-order valence-corrected chi connectivity index (χ4v) is 3.52. The summed E-state index contributed by atoms with van der Waals surface area (Å²) >= 11 is 0. The normalized spacial score (nSPS) is 15.1. The Bertz CT molecular complexity index is 831. The zero-order chi connectivity index (χ0) is 23.9. The van der Waals surface area contributed by atoms with Crippen molar-refractivity contribution < 1.29 is 24.1 Å². The Hall–Kier alpha value is -2.51. The van der Waals surface area contributed by atoms with Crippen LogP contribution in [0.3, 0.4) is 0 Å². The summed E-state index contributed by atoms with van der Waals surface area (Å²) < 4.78 is 5.50. The molecule has 0 fully saturated rings. The number of nitrogens with zero attached hydrogens (tertiary/aromatic N) is 1. The topological polar surface area (TPSA) is 186 Å². The van der Waals surface area contributed by atoms with Gasteiger partial charge in [-0.2, -0.15) is 0 Å². The highest BCUT2D eigenvalue weighted by Gasteiger charge is 2.40. The molecule has 1 aromatic rings. The summed E-state index contributed by atoms with van der Waals surface area (Å²) in [6.45, 7) is 4.81. The molecule has 0 radical (unpaired) electrons. The van der Waals surface area contributed by atoms with Crippen molar-refractivity contribution >= 4 is 36.0 Å². The highest BCUT2D eigenvalue weighted by molar-refractivity contribution is 6.62. The van der Waals surface area contributed by atoms with E-state index in [-0.39, 0.29) is 25.3 Å². The van der Waals surface area contributed by atoms with Crippen LogP contribution >= 0.6 is 0 Å². The number of rotatable bonds is 11. The van der Waals surface area contributed by atoms with E-state index in [0.29, 0.717) is 37.3 Å². The number of benzene rings is 1. The number of nitrogens with one attached hydrogen (secondary N) is 2. The molecule has 0 aliphatic carbocycles. The number of fused-ring (bicyclic) bond motifs is 1. The van der Waals surface area contributed by atoms with Crippen LogP contribution in [0.2, 0.25) is 0 Å². The number of amides is 3. The first kappa shape index (κ1) is 25.8. The van der Waals surface area contributed by atoms with Gasteiger partial charge in [0.25, 0.3) is 0 Å². The second kappa shape index (κ2) is 11.4. The summed E-state index contributed by atoms with van der Waals surface area (Å²) in [5.74, 6) is -1.13. The van der Waals surface area contributed by atoms with E-state index in [1.807, 2.05) is 13.8 Å². The van der Waals surface area contributed by atoms with E-state index in [4.69, 9.17) is 21.9 Å². The predicted octanol–water partition coefficient (Wildman–Crippen LogP) is -2.45. The van der Waals surface area contributed by atoms with E-state index < -0.39 is 30.6 Å². The molecule has 1 unspecified atom stereocenters. The molecule has 3 amide bonds. The summed E-state index contributed by atoms with van der Waals surface area (Å²) in [6.07, 6.45) is 0.222. The summed E-state index contributed by atoms with van der Waals surface area (Å²) in [5.41, 5.74) is 18.1. The molecule has 1 aliphatic heterocycles. The molecule has 1 heterocycles. The Labute approximate surface area is 188 Å². The van der Waals surface area contributed by atoms with Crippen molar-refractivity contribution in [2.45, 2.75) is 38.3 Å². The quantitative estimate of drug-likeness (QED) is 0.201. The highest BCUT2D eigenvalue weighted by Crippen LogP contribution is 2.31. The molecule has 176 valence electrons. The molecule has 1 aliphatic rings. The molecular formula is C20H33BN6O5. The Kier molecular flexibility index (Phi) is 9.16. The van der Waals surface area contributed by atoms with E-state index in [1.54, 1.807) is 23.1 Å². The lowest BCUT2D eigenvalue weighted by atomic mass is 9.78. The number of anilines is 1. The van der Waals surface area contributed by atoms with Gasteiger partial charge in [0.05, 0.1) is 18.2 Å². The van der Waals surface area contributed by atoms with Crippen LogP contribution in [0.15, 0.2) is 18.2 Å². The van der Waals surface area contributed by atoms with Gasteiger partial charge in [-0.05, 0) is 43.4 Å². The Morgan fingerprint density at radius 1 is 1.22 bits per heavy atom. The van der Waals surface area contributed by atoms with Crippen LogP contribution in [-0.4, -0.2) is 73.5 Å². The van der Waals surface area contributed by atoms with Crippen molar-refractivity contribution in [2.75, 3.05) is 38.0 Å². The molecule has 32 heavy (non-hydrogen) atoms. The average molecular weight is 448 g/mol. The van der Waals surface area contributed by atoms with Gasteiger partial charge in [-0.1, -0.05) is 6.07 Å². The lowest BCUT2D eigenvalue weighted by Crippen LogP contribution is -2.45. The minimum absolute atomic E-state index is 0.0830. The first-order valence-corrected chi connectivity index (χ1v) is 10.6. The summed E-state index contributed by atoms with van der Waals surface area (Å²) in [4.78, 5) is 38.2. The molecule has 0 saturated heterocycles. The molecule has 12 heteroatoms. The maximum Gasteiger partial charge on any atom is 0.492 e. The van der Waals surface area contributed by atoms with Crippen molar-refractivity contribution in [3.05, 3.63) is 23.8 Å². The Morgan fingerprint density at radius 2 is 1.88 bits per heavy atom. The second-order valence-electron chi connectivity index (χ2n) is 8.15. The number of hydrogen-bond acceptors (Lipinski definition) is 8. The van der Waals surface area contributed by atoms with Crippen LogP contribution in [0.5, 0.6) is 0 Å². The summed E-state index contributed by atoms with van der Waals surface area (Å²) in [5, 5.41) is 15.1. The van der Waals surface area contributed by atoms with Gasteiger partial charge in [0.1, 0.15) is 0 Å². The van der Waals surface area contributed by atoms with Crippen LogP contribution < -0.4 is 33.3 Å². The molecule has 0 saturated carbocycles. The van der Waals surface area contributed by atoms with Gasteiger partial charge >= 0.3 is 7.12 Å². The molecule has 1 aromatic carbocycles. The largest absolute Gasteiger partial charge is 0.492 e. The third-order valence-corrected chi connectivity index (χ3v) is 5.24. The van der Waals surface area contributed by atoms with Gasteiger partial charge in [0.15, 0.2) is 0 Å². The van der Waals surface area contributed by atoms with Gasteiger partial charge in [-0.3, -0.25) is 14.4 Å². The summed E-state index contributed by atoms with van der Waals surface area (Å²) in [6, 6.07) is 4.15. The molecule has 11 nitrogen and oxygen atoms in total. The van der Waals surface area contributed by atoms with Crippen molar-refractivity contribution in [1.82, 2.24) is 10.2 Å². The van der Waals surface area contributed by atoms with E-state index in [1.165, 1.54) is 0 Å². The van der Waals surface area contributed by atoms with Gasteiger partial charge in [-0.15, -0.1) is 0 Å². The van der Waals surface area contributed by atoms with Crippen molar-refractivity contribution in [3.63, 3.8) is 0 Å². The lowest BCUT2D eigenvalue weighted by Gasteiger charge is -2.22. The predicted molar refractivity (Wildman–Crippen MR) is 122 cm³/mol. The fourth-order valence-electron chi connectivity index (χ4n) is 3.52. The van der Waals surface area contributed by atoms with Crippen molar-refractivity contribution in [3.8, 4) is 0 Å². The van der Waals surface area contributed by atoms with E-state index >= 15 is 0 Å². The minimum atomic E-state index is -1.00. The van der Waals surface area contributed by atoms with Crippen LogP contribution in [0.4, 0.5) is 5.69 Å². The van der Waals surface area contributed by atoms with Gasteiger partial charge in [0.2, 0.25) is 17.7 Å². The molecule has 0 bridgehead atoms. The third-order valence-electron chi connectivity index (χ3n) is 5.24. The molecule has 9 N–H and O–H groups in total. The average Bonchev–Trinajstić information content (AvgIpc) is 2.97. The molecule has 1 atom stereocenters. The van der Waals surface area contributed by atoms with Gasteiger partial charge < -0.3 is 42.4 Å². The zero-order valence-electron chi connectivity index (χ0n) is 18.6. The smallest absolute Gasteiger partial charge is 0.423 e. The highest BCUT2D eigenvalue weighted by atomic mass is 16.5. The van der Waals surface area contributed by atoms with Crippen LogP contribution in [0.1, 0.15) is 32.3 Å². The van der Waals surface area contributed by atoms with Gasteiger partial charge in [0, 0.05) is 38.3 Å². The standard InChI is InChI=1S/C20H33BN6O5/c1-20(2)14-11-13(3-4-15(14)21(31)32-20)26-17(28)12-25-19(30)16(24)5-6-18(29)27(9-7-22)10-8-23/h3-4,11,16,31H,5-10,12,22-24H2,1-2H3,(H,25,30)(H,26,28). The zero-order valence-corrected chi connectivity index (χ0v) is 18.6. The Morgan fingerprint density at radius 3 is 2.50 bits per heavy atom. The second-order valence-corrected chi connectivity index (χ2v) is 8.15. The maximum absolute atomic E-state index is 12.2. The SMILES string of the molecule is CC1(C)OB(O)c2ccc(NC(=O)CNC(=O)C(N)CCC(=O)N(CCN)CCN)cc21. The molecular weight excluding hydrogens is 415 g/mol. The van der Waals surface area contributed by atoms with E-state index in [9.17, 15) is 19.4 Å².